The summed E-state index contributed by atoms with van der Waals surface area (Å²) in [6.45, 7) is 4.74. The van der Waals surface area contributed by atoms with E-state index in [4.69, 9.17) is 15.2 Å². The summed E-state index contributed by atoms with van der Waals surface area (Å²) in [5.74, 6) is 2.74. The van der Waals surface area contributed by atoms with Crippen LogP contribution < -0.4 is 15.2 Å². The van der Waals surface area contributed by atoms with Crippen molar-refractivity contribution in [1.29, 1.82) is 0 Å². The van der Waals surface area contributed by atoms with Gasteiger partial charge in [0.25, 0.3) is 0 Å². The molecule has 2 rings (SSSR count). The van der Waals surface area contributed by atoms with Crippen LogP contribution in [-0.2, 0) is 6.54 Å². The van der Waals surface area contributed by atoms with Crippen LogP contribution in [0.15, 0.2) is 23.2 Å². The number of rotatable bonds is 4. The summed E-state index contributed by atoms with van der Waals surface area (Å²) in [6.07, 6.45) is 2.45. The molecule has 1 aromatic rings. The van der Waals surface area contributed by atoms with E-state index in [9.17, 15) is 0 Å². The summed E-state index contributed by atoms with van der Waals surface area (Å²) in [5.41, 5.74) is 7.10. The molecule has 1 heterocycles. The Hall–Kier alpha value is -1.91. The van der Waals surface area contributed by atoms with Gasteiger partial charge in [-0.2, -0.15) is 0 Å². The van der Waals surface area contributed by atoms with Gasteiger partial charge in [-0.3, -0.25) is 0 Å². The molecule has 5 heteroatoms. The quantitative estimate of drug-likeness (QED) is 0.683. The van der Waals surface area contributed by atoms with E-state index in [0.717, 1.165) is 30.2 Å². The van der Waals surface area contributed by atoms with Gasteiger partial charge in [-0.15, -0.1) is 0 Å². The number of guanidine groups is 1. The summed E-state index contributed by atoms with van der Waals surface area (Å²) in [4.78, 5) is 6.69. The fourth-order valence-electron chi connectivity index (χ4n) is 2.74. The number of nitrogens with two attached hydrogens (primary N) is 1. The van der Waals surface area contributed by atoms with E-state index in [1.165, 1.54) is 12.8 Å². The largest absolute Gasteiger partial charge is 0.493 e. The van der Waals surface area contributed by atoms with Crippen molar-refractivity contribution in [2.75, 3.05) is 27.3 Å². The number of hydrogen-bond acceptors (Lipinski definition) is 3. The molecule has 5 nitrogen and oxygen atoms in total. The van der Waals surface area contributed by atoms with Crippen molar-refractivity contribution >= 4 is 5.96 Å². The Bertz CT molecular complexity index is 502. The van der Waals surface area contributed by atoms with Crippen LogP contribution in [0.1, 0.15) is 25.3 Å². The molecule has 0 saturated carbocycles. The third-order valence-corrected chi connectivity index (χ3v) is 3.88. The second-order valence-electron chi connectivity index (χ2n) is 5.52. The van der Waals surface area contributed by atoms with Gasteiger partial charge < -0.3 is 20.1 Å². The van der Waals surface area contributed by atoms with Crippen LogP contribution in [0.4, 0.5) is 0 Å². The van der Waals surface area contributed by atoms with Crippen LogP contribution >= 0.6 is 0 Å². The number of piperidine rings is 1. The van der Waals surface area contributed by atoms with Crippen molar-refractivity contribution in [3.63, 3.8) is 0 Å². The monoisotopic (exact) mass is 291 g/mol. The zero-order chi connectivity index (χ0) is 15.2. The van der Waals surface area contributed by atoms with Crippen LogP contribution in [0, 0.1) is 5.92 Å². The van der Waals surface area contributed by atoms with Gasteiger partial charge in [-0.1, -0.05) is 19.1 Å². The molecule has 1 aliphatic heterocycles. The topological polar surface area (TPSA) is 60.1 Å². The first kappa shape index (κ1) is 15.5. The van der Waals surface area contributed by atoms with Crippen molar-refractivity contribution in [3.8, 4) is 11.5 Å². The summed E-state index contributed by atoms with van der Waals surface area (Å²) in [6, 6.07) is 5.80. The van der Waals surface area contributed by atoms with Crippen LogP contribution in [0.25, 0.3) is 0 Å². The number of ether oxygens (including phenoxy) is 2. The Morgan fingerprint density at radius 2 is 2.19 bits per heavy atom. The number of aliphatic imine (C=N–C) groups is 1. The predicted octanol–water partition coefficient (Wildman–Crippen LogP) is 2.25. The molecular formula is C16H25N3O2. The van der Waals surface area contributed by atoms with Gasteiger partial charge in [0, 0.05) is 18.7 Å². The number of methoxy groups -OCH3 is 2. The maximum Gasteiger partial charge on any atom is 0.191 e. The first-order chi connectivity index (χ1) is 10.2. The summed E-state index contributed by atoms with van der Waals surface area (Å²) < 4.78 is 10.7. The third kappa shape index (κ3) is 3.80. The van der Waals surface area contributed by atoms with E-state index in [-0.39, 0.29) is 0 Å². The van der Waals surface area contributed by atoms with Crippen molar-refractivity contribution in [1.82, 2.24) is 4.90 Å². The number of para-hydroxylation sites is 1. The average Bonchev–Trinajstić information content (AvgIpc) is 2.51. The van der Waals surface area contributed by atoms with E-state index in [1.54, 1.807) is 14.2 Å². The molecule has 1 aliphatic rings. The highest BCUT2D eigenvalue weighted by atomic mass is 16.5. The summed E-state index contributed by atoms with van der Waals surface area (Å²) in [7, 11) is 3.27. The highest BCUT2D eigenvalue weighted by molar-refractivity contribution is 5.78. The minimum Gasteiger partial charge on any atom is -0.493 e. The Labute approximate surface area is 126 Å². The summed E-state index contributed by atoms with van der Waals surface area (Å²) >= 11 is 0. The van der Waals surface area contributed by atoms with Gasteiger partial charge >= 0.3 is 0 Å². The number of likely N-dealkylation sites (tertiary alicyclic amines) is 1. The molecule has 21 heavy (non-hydrogen) atoms. The molecule has 0 radical (unpaired) electrons. The lowest BCUT2D eigenvalue weighted by atomic mass is 10.0. The molecule has 0 amide bonds. The van der Waals surface area contributed by atoms with E-state index in [0.29, 0.717) is 18.4 Å². The zero-order valence-corrected chi connectivity index (χ0v) is 13.1. The second-order valence-corrected chi connectivity index (χ2v) is 5.52. The minimum atomic E-state index is 0.497. The van der Waals surface area contributed by atoms with Gasteiger partial charge in [0.05, 0.1) is 20.8 Å². The Morgan fingerprint density at radius 1 is 1.38 bits per heavy atom. The lowest BCUT2D eigenvalue weighted by molar-refractivity contribution is 0.270. The highest BCUT2D eigenvalue weighted by Gasteiger charge is 2.17. The van der Waals surface area contributed by atoms with Crippen molar-refractivity contribution in [2.45, 2.75) is 26.3 Å². The van der Waals surface area contributed by atoms with E-state index < -0.39 is 0 Å². The van der Waals surface area contributed by atoms with Gasteiger partial charge in [0.2, 0.25) is 0 Å². The molecule has 0 aliphatic carbocycles. The van der Waals surface area contributed by atoms with E-state index >= 15 is 0 Å². The molecule has 2 N–H and O–H groups in total. The molecular weight excluding hydrogens is 266 g/mol. The molecule has 1 aromatic carbocycles. The van der Waals surface area contributed by atoms with Crippen LogP contribution in [0.5, 0.6) is 11.5 Å². The maximum absolute atomic E-state index is 6.12. The molecule has 1 fully saturated rings. The Kier molecular flexibility index (Phi) is 5.31. The summed E-state index contributed by atoms with van der Waals surface area (Å²) in [5, 5.41) is 0. The second kappa shape index (κ2) is 7.20. The fourth-order valence-corrected chi connectivity index (χ4v) is 2.74. The van der Waals surface area contributed by atoms with Crippen LogP contribution in [0.2, 0.25) is 0 Å². The molecule has 116 valence electrons. The van der Waals surface area contributed by atoms with Gasteiger partial charge in [0.15, 0.2) is 17.5 Å². The highest BCUT2D eigenvalue weighted by Crippen LogP contribution is 2.31. The van der Waals surface area contributed by atoms with Gasteiger partial charge in [-0.05, 0) is 24.8 Å². The van der Waals surface area contributed by atoms with Gasteiger partial charge in [0.1, 0.15) is 0 Å². The smallest absolute Gasteiger partial charge is 0.191 e. The van der Waals surface area contributed by atoms with E-state index in [2.05, 4.69) is 16.8 Å². The standard InChI is InChI=1S/C16H25N3O2/c1-12-6-5-9-19(11-12)16(17)18-10-13-7-4-8-14(20-2)15(13)21-3/h4,7-8,12H,5-6,9-11H2,1-3H3,(H2,17,18). The van der Waals surface area contributed by atoms with E-state index in [1.807, 2.05) is 18.2 Å². The third-order valence-electron chi connectivity index (χ3n) is 3.88. The van der Waals surface area contributed by atoms with Crippen LogP contribution in [0.3, 0.4) is 0 Å². The minimum absolute atomic E-state index is 0.497. The SMILES string of the molecule is COc1cccc(CN=C(N)N2CCCC(C)C2)c1OC. The van der Waals surface area contributed by atoms with Crippen LogP contribution in [-0.4, -0.2) is 38.2 Å². The molecule has 0 bridgehead atoms. The molecule has 1 atom stereocenters. The molecule has 0 spiro atoms. The first-order valence-electron chi connectivity index (χ1n) is 7.40. The van der Waals surface area contributed by atoms with Gasteiger partial charge in [-0.25, -0.2) is 4.99 Å². The number of benzene rings is 1. The predicted molar refractivity (Wildman–Crippen MR) is 84.8 cm³/mol. The first-order valence-corrected chi connectivity index (χ1v) is 7.40. The average molecular weight is 291 g/mol. The lowest BCUT2D eigenvalue weighted by Crippen LogP contribution is -2.43. The number of nitrogens with zero attached hydrogens (tertiary/aromatic N) is 2. The lowest BCUT2D eigenvalue weighted by Gasteiger charge is -2.31. The van der Waals surface area contributed by atoms with Crippen molar-refractivity contribution in [2.24, 2.45) is 16.6 Å². The van der Waals surface area contributed by atoms with Crippen molar-refractivity contribution in [3.05, 3.63) is 23.8 Å². The number of hydrogen-bond donors (Lipinski definition) is 1. The molecule has 1 unspecified atom stereocenters. The zero-order valence-electron chi connectivity index (χ0n) is 13.1. The normalized spacial score (nSPS) is 19.5. The van der Waals surface area contributed by atoms with Crippen molar-refractivity contribution < 1.29 is 9.47 Å². The fraction of sp³-hybridized carbons (Fsp3) is 0.562. The molecule has 1 saturated heterocycles. The Morgan fingerprint density at radius 3 is 2.86 bits per heavy atom. The molecule has 0 aromatic heterocycles. The Balaban J connectivity index is 2.09. The maximum atomic E-state index is 6.12.